The summed E-state index contributed by atoms with van der Waals surface area (Å²) in [5, 5.41) is 0. The summed E-state index contributed by atoms with van der Waals surface area (Å²) in [4.78, 5) is 13.7. The van der Waals surface area contributed by atoms with Gasteiger partial charge in [-0.1, -0.05) is 25.1 Å². The van der Waals surface area contributed by atoms with Crippen molar-refractivity contribution >= 4 is 17.2 Å². The van der Waals surface area contributed by atoms with Gasteiger partial charge in [-0.2, -0.15) is 0 Å². The van der Waals surface area contributed by atoms with Crippen LogP contribution in [0.15, 0.2) is 48.5 Å². The van der Waals surface area contributed by atoms with E-state index < -0.39 is 0 Å². The predicted molar refractivity (Wildman–Crippen MR) is 82.8 cm³/mol. The van der Waals surface area contributed by atoms with Gasteiger partial charge in [-0.05, 0) is 55.2 Å². The fourth-order valence-corrected chi connectivity index (χ4v) is 2.92. The van der Waals surface area contributed by atoms with Gasteiger partial charge < -0.3 is 4.90 Å². The highest BCUT2D eigenvalue weighted by Crippen LogP contribution is 2.35. The van der Waals surface area contributed by atoms with E-state index in [-0.39, 0.29) is 5.78 Å². The zero-order valence-electron chi connectivity index (χ0n) is 12.0. The minimum atomic E-state index is 0.115. The van der Waals surface area contributed by atoms with Gasteiger partial charge >= 0.3 is 0 Å². The van der Waals surface area contributed by atoms with Crippen molar-refractivity contribution in [1.29, 1.82) is 0 Å². The molecule has 2 aromatic carbocycles. The summed E-state index contributed by atoms with van der Waals surface area (Å²) < 4.78 is 0. The number of fused-ring (bicyclic) bond motifs is 1. The van der Waals surface area contributed by atoms with Gasteiger partial charge in [0.2, 0.25) is 0 Å². The van der Waals surface area contributed by atoms with Crippen LogP contribution in [0, 0.1) is 5.92 Å². The van der Waals surface area contributed by atoms with Crippen LogP contribution < -0.4 is 4.90 Å². The van der Waals surface area contributed by atoms with E-state index in [1.165, 1.54) is 11.3 Å². The Bertz CT molecular complexity index is 630. The molecule has 0 N–H and O–H groups in total. The van der Waals surface area contributed by atoms with E-state index in [0.29, 0.717) is 5.92 Å². The van der Waals surface area contributed by atoms with Crippen LogP contribution in [-0.4, -0.2) is 12.3 Å². The van der Waals surface area contributed by atoms with Gasteiger partial charge in [-0.3, -0.25) is 4.79 Å². The summed E-state index contributed by atoms with van der Waals surface area (Å²) in [6.07, 6.45) is 1.14. The van der Waals surface area contributed by atoms with Crippen LogP contribution >= 0.6 is 0 Å². The van der Waals surface area contributed by atoms with Crippen LogP contribution in [0.5, 0.6) is 0 Å². The lowest BCUT2D eigenvalue weighted by molar-refractivity contribution is 0.101. The number of benzene rings is 2. The molecule has 3 rings (SSSR count). The molecule has 0 spiro atoms. The Kier molecular flexibility index (Phi) is 3.31. The summed E-state index contributed by atoms with van der Waals surface area (Å²) in [6, 6.07) is 16.5. The van der Waals surface area contributed by atoms with E-state index in [9.17, 15) is 4.79 Å². The number of carbonyl (C=O) groups excluding carboxylic acids is 1. The van der Waals surface area contributed by atoms with Gasteiger partial charge in [0.1, 0.15) is 0 Å². The van der Waals surface area contributed by atoms with Crippen molar-refractivity contribution in [1.82, 2.24) is 0 Å². The molecule has 1 unspecified atom stereocenters. The van der Waals surface area contributed by atoms with Gasteiger partial charge in [0.25, 0.3) is 0 Å². The minimum absolute atomic E-state index is 0.115. The maximum Gasteiger partial charge on any atom is 0.159 e. The molecule has 1 heterocycles. The van der Waals surface area contributed by atoms with E-state index in [2.05, 4.69) is 36.1 Å². The van der Waals surface area contributed by atoms with Gasteiger partial charge in [-0.15, -0.1) is 0 Å². The molecule has 1 aliphatic rings. The van der Waals surface area contributed by atoms with Gasteiger partial charge in [0.05, 0.1) is 0 Å². The molecule has 102 valence electrons. The normalized spacial score (nSPS) is 17.7. The number of hydrogen-bond donors (Lipinski definition) is 0. The highest BCUT2D eigenvalue weighted by molar-refractivity contribution is 5.94. The first kappa shape index (κ1) is 12.9. The van der Waals surface area contributed by atoms with E-state index in [1.54, 1.807) is 6.92 Å². The van der Waals surface area contributed by atoms with Crippen molar-refractivity contribution in [2.24, 2.45) is 5.92 Å². The lowest BCUT2D eigenvalue weighted by Gasteiger charge is -2.35. The minimum Gasteiger partial charge on any atom is -0.341 e. The largest absolute Gasteiger partial charge is 0.341 e. The van der Waals surface area contributed by atoms with Crippen LogP contribution in [-0.2, 0) is 6.42 Å². The van der Waals surface area contributed by atoms with Crippen molar-refractivity contribution in [2.45, 2.75) is 20.3 Å². The van der Waals surface area contributed by atoms with Gasteiger partial charge in [-0.25, -0.2) is 0 Å². The Morgan fingerprint density at radius 2 is 1.80 bits per heavy atom. The number of hydrogen-bond acceptors (Lipinski definition) is 2. The molecule has 0 aliphatic carbocycles. The molecule has 2 aromatic rings. The van der Waals surface area contributed by atoms with Crippen molar-refractivity contribution in [3.8, 4) is 0 Å². The Morgan fingerprint density at radius 3 is 2.50 bits per heavy atom. The fraction of sp³-hybridized carbons (Fsp3) is 0.278. The Morgan fingerprint density at radius 1 is 1.10 bits per heavy atom. The number of nitrogens with zero attached hydrogens (tertiary/aromatic N) is 1. The quantitative estimate of drug-likeness (QED) is 0.758. The van der Waals surface area contributed by atoms with Crippen molar-refractivity contribution < 1.29 is 4.79 Å². The maximum atomic E-state index is 11.4. The van der Waals surface area contributed by atoms with E-state index >= 15 is 0 Å². The van der Waals surface area contributed by atoms with E-state index in [1.807, 2.05) is 24.3 Å². The molecule has 1 aliphatic heterocycles. The van der Waals surface area contributed by atoms with Crippen molar-refractivity contribution in [3.63, 3.8) is 0 Å². The van der Waals surface area contributed by atoms with E-state index in [4.69, 9.17) is 0 Å². The van der Waals surface area contributed by atoms with Crippen LogP contribution in [0.2, 0.25) is 0 Å². The number of carbonyl (C=O) groups is 1. The summed E-state index contributed by atoms with van der Waals surface area (Å²) in [5.74, 6) is 0.751. The fourth-order valence-electron chi connectivity index (χ4n) is 2.92. The zero-order chi connectivity index (χ0) is 14.1. The average Bonchev–Trinajstić information content (AvgIpc) is 2.46. The van der Waals surface area contributed by atoms with Crippen LogP contribution in [0.4, 0.5) is 11.4 Å². The summed E-state index contributed by atoms with van der Waals surface area (Å²) in [6.45, 7) is 4.91. The lowest BCUT2D eigenvalue weighted by atomic mass is 9.93. The summed E-state index contributed by atoms with van der Waals surface area (Å²) >= 11 is 0. The third-order valence-electron chi connectivity index (χ3n) is 3.93. The maximum absolute atomic E-state index is 11.4. The molecule has 0 amide bonds. The number of Topliss-reactive ketones (excluding diaryl/α,β-unsaturated/α-hetero) is 1. The van der Waals surface area contributed by atoms with Crippen molar-refractivity contribution in [2.75, 3.05) is 11.4 Å². The van der Waals surface area contributed by atoms with E-state index in [0.717, 1.165) is 24.2 Å². The van der Waals surface area contributed by atoms with Crippen LogP contribution in [0.3, 0.4) is 0 Å². The second-order valence-electron chi connectivity index (χ2n) is 5.65. The molecule has 20 heavy (non-hydrogen) atoms. The first-order valence-corrected chi connectivity index (χ1v) is 7.11. The number of ketones is 1. The lowest BCUT2D eigenvalue weighted by Crippen LogP contribution is -2.30. The molecular formula is C18H19NO. The Balaban J connectivity index is 1.99. The number of anilines is 2. The summed E-state index contributed by atoms with van der Waals surface area (Å²) in [7, 11) is 0. The van der Waals surface area contributed by atoms with Gasteiger partial charge in [0.15, 0.2) is 5.78 Å². The second kappa shape index (κ2) is 5.12. The monoisotopic (exact) mass is 265 g/mol. The molecule has 0 aromatic heterocycles. The smallest absolute Gasteiger partial charge is 0.159 e. The first-order valence-electron chi connectivity index (χ1n) is 7.11. The molecule has 2 nitrogen and oxygen atoms in total. The summed E-state index contributed by atoms with van der Waals surface area (Å²) in [5.41, 5.74) is 4.63. The number of rotatable bonds is 2. The highest BCUT2D eigenvalue weighted by Gasteiger charge is 2.22. The molecule has 0 radical (unpaired) electrons. The Labute approximate surface area is 120 Å². The molecule has 2 heteroatoms. The third kappa shape index (κ3) is 2.34. The molecule has 1 atom stereocenters. The van der Waals surface area contributed by atoms with Crippen molar-refractivity contribution in [3.05, 3.63) is 59.7 Å². The Hall–Kier alpha value is -2.09. The van der Waals surface area contributed by atoms with Gasteiger partial charge in [0, 0.05) is 23.5 Å². The zero-order valence-corrected chi connectivity index (χ0v) is 12.0. The standard InChI is InChI=1S/C18H19NO/c1-13-11-16-5-3-4-6-18(16)19(12-13)17-9-7-15(8-10-17)14(2)20/h3-10,13H,11-12H2,1-2H3. The predicted octanol–water partition coefficient (Wildman–Crippen LogP) is 4.22. The molecule has 0 fully saturated rings. The van der Waals surface area contributed by atoms with Crippen LogP contribution in [0.25, 0.3) is 0 Å². The molecule has 0 saturated carbocycles. The third-order valence-corrected chi connectivity index (χ3v) is 3.93. The topological polar surface area (TPSA) is 20.3 Å². The second-order valence-corrected chi connectivity index (χ2v) is 5.65. The molecule has 0 saturated heterocycles. The SMILES string of the molecule is CC(=O)c1ccc(N2CC(C)Cc3ccccc32)cc1. The average molecular weight is 265 g/mol. The number of para-hydroxylation sites is 1. The first-order chi connectivity index (χ1) is 9.65. The molecule has 0 bridgehead atoms. The molecular weight excluding hydrogens is 246 g/mol. The highest BCUT2D eigenvalue weighted by atomic mass is 16.1. The van der Waals surface area contributed by atoms with Crippen LogP contribution in [0.1, 0.15) is 29.8 Å².